The minimum absolute atomic E-state index is 0.179. The average molecular weight is 341 g/mol. The number of nitrogens with zero attached hydrogens (tertiary/aromatic N) is 3. The molecule has 26 heavy (non-hydrogen) atoms. The third-order valence-corrected chi connectivity index (χ3v) is 4.28. The first-order valence-corrected chi connectivity index (χ1v) is 8.03. The third-order valence-electron chi connectivity index (χ3n) is 4.28. The van der Waals surface area contributed by atoms with Crippen LogP contribution in [0.1, 0.15) is 11.6 Å². The summed E-state index contributed by atoms with van der Waals surface area (Å²) in [6, 6.07) is 17.1. The van der Waals surface area contributed by atoms with E-state index in [1.165, 1.54) is 0 Å². The number of para-hydroxylation sites is 2. The number of nitrogens with one attached hydrogen (secondary N) is 1. The fourth-order valence-corrected chi connectivity index (χ4v) is 3.19. The van der Waals surface area contributed by atoms with Crippen molar-refractivity contribution < 1.29 is 4.74 Å². The number of aromatic nitrogens is 2. The van der Waals surface area contributed by atoms with Gasteiger partial charge in [0.1, 0.15) is 30.3 Å². The number of terminal acetylenes is 1. The summed E-state index contributed by atoms with van der Waals surface area (Å²) in [6.45, 7) is 0.179. The lowest BCUT2D eigenvalue weighted by molar-refractivity contribution is 0.369. The zero-order valence-corrected chi connectivity index (χ0v) is 13.8. The minimum Gasteiger partial charge on any atom is -0.481 e. The number of nitriles is 1. The van der Waals surface area contributed by atoms with E-state index in [0.717, 1.165) is 16.6 Å². The minimum atomic E-state index is -0.405. The van der Waals surface area contributed by atoms with Gasteiger partial charge in [0, 0.05) is 0 Å². The number of hydrogen-bond acceptors (Lipinski definition) is 5. The summed E-state index contributed by atoms with van der Waals surface area (Å²) in [5.74, 6) is 3.99. The van der Waals surface area contributed by atoms with Gasteiger partial charge in [-0.05, 0) is 29.8 Å². The van der Waals surface area contributed by atoms with Crippen molar-refractivity contribution in [3.8, 4) is 24.2 Å². The molecular formula is C20H15N5O. The lowest BCUT2D eigenvalue weighted by Gasteiger charge is -2.27. The molecule has 0 fully saturated rings. The lowest BCUT2D eigenvalue weighted by Crippen LogP contribution is -2.27. The summed E-state index contributed by atoms with van der Waals surface area (Å²) in [5.41, 5.74) is 9.14. The summed E-state index contributed by atoms with van der Waals surface area (Å²) in [6.07, 6.45) is 5.27. The molecule has 2 aromatic carbocycles. The van der Waals surface area contributed by atoms with Crippen molar-refractivity contribution in [3.63, 3.8) is 0 Å². The van der Waals surface area contributed by atoms with Gasteiger partial charge in [0.05, 0.1) is 16.6 Å². The van der Waals surface area contributed by atoms with Crippen LogP contribution >= 0.6 is 0 Å². The van der Waals surface area contributed by atoms with Crippen LogP contribution in [0, 0.1) is 23.7 Å². The largest absolute Gasteiger partial charge is 0.481 e. The average Bonchev–Trinajstić information content (AvgIpc) is 3.03. The first-order valence-electron chi connectivity index (χ1n) is 8.03. The number of anilines is 1. The van der Waals surface area contributed by atoms with Gasteiger partial charge in [-0.1, -0.05) is 30.2 Å². The molecule has 3 aromatic rings. The van der Waals surface area contributed by atoms with E-state index in [1.807, 2.05) is 53.1 Å². The van der Waals surface area contributed by atoms with Gasteiger partial charge in [-0.3, -0.25) is 4.57 Å². The van der Waals surface area contributed by atoms with Crippen molar-refractivity contribution in [2.24, 2.45) is 5.73 Å². The monoisotopic (exact) mass is 341 g/mol. The van der Waals surface area contributed by atoms with E-state index in [0.29, 0.717) is 23.1 Å². The third kappa shape index (κ3) is 2.42. The van der Waals surface area contributed by atoms with E-state index < -0.39 is 6.04 Å². The maximum absolute atomic E-state index is 9.72. The molecule has 1 unspecified atom stereocenters. The molecule has 0 saturated heterocycles. The molecule has 2 heterocycles. The molecular weight excluding hydrogens is 326 g/mol. The van der Waals surface area contributed by atoms with Crippen molar-refractivity contribution >= 4 is 17.0 Å². The zero-order chi connectivity index (χ0) is 18.1. The summed E-state index contributed by atoms with van der Waals surface area (Å²) < 4.78 is 7.51. The van der Waals surface area contributed by atoms with E-state index in [-0.39, 0.29) is 6.61 Å². The second kappa shape index (κ2) is 6.19. The quantitative estimate of drug-likeness (QED) is 0.715. The first kappa shape index (κ1) is 15.6. The Morgan fingerprint density at radius 3 is 2.92 bits per heavy atom. The smallest absolute Gasteiger partial charge is 0.210 e. The lowest BCUT2D eigenvalue weighted by atomic mass is 9.97. The summed E-state index contributed by atoms with van der Waals surface area (Å²) in [5, 5.41) is 12.7. The van der Waals surface area contributed by atoms with Gasteiger partial charge < -0.3 is 15.8 Å². The Bertz CT molecular complexity index is 1110. The zero-order valence-electron chi connectivity index (χ0n) is 13.8. The first-order chi connectivity index (χ1) is 12.7. The van der Waals surface area contributed by atoms with Crippen LogP contribution in [0.4, 0.5) is 5.95 Å². The molecule has 1 aliphatic rings. The van der Waals surface area contributed by atoms with Crippen molar-refractivity contribution in [2.45, 2.75) is 6.04 Å². The normalized spacial score (nSPS) is 15.7. The number of fused-ring (bicyclic) bond motifs is 3. The topological polar surface area (TPSA) is 88.9 Å². The fraction of sp³-hybridized carbons (Fsp3) is 0.100. The fourth-order valence-electron chi connectivity index (χ4n) is 3.19. The highest BCUT2D eigenvalue weighted by Gasteiger charge is 2.31. The number of nitrogens with two attached hydrogens (primary N) is 1. The maximum atomic E-state index is 9.72. The molecule has 0 amide bonds. The number of ether oxygens (including phenoxy) is 1. The number of benzene rings is 2. The number of hydrogen-bond donors (Lipinski definition) is 2. The van der Waals surface area contributed by atoms with E-state index >= 15 is 0 Å². The Kier molecular flexibility index (Phi) is 3.72. The van der Waals surface area contributed by atoms with Crippen molar-refractivity contribution in [1.29, 1.82) is 5.26 Å². The Morgan fingerprint density at radius 2 is 2.12 bits per heavy atom. The van der Waals surface area contributed by atoms with E-state index in [2.05, 4.69) is 22.3 Å². The van der Waals surface area contributed by atoms with Crippen molar-refractivity contribution in [2.75, 3.05) is 11.9 Å². The second-order valence-corrected chi connectivity index (χ2v) is 5.83. The summed E-state index contributed by atoms with van der Waals surface area (Å²) >= 11 is 0. The van der Waals surface area contributed by atoms with Gasteiger partial charge in [0.2, 0.25) is 5.95 Å². The van der Waals surface area contributed by atoms with Gasteiger partial charge in [0.15, 0.2) is 0 Å². The van der Waals surface area contributed by atoms with Crippen LogP contribution in [0.15, 0.2) is 59.9 Å². The molecule has 1 aliphatic heterocycles. The van der Waals surface area contributed by atoms with Crippen molar-refractivity contribution in [3.05, 3.63) is 65.5 Å². The van der Waals surface area contributed by atoms with E-state index in [9.17, 15) is 5.26 Å². The van der Waals surface area contributed by atoms with Crippen LogP contribution in [-0.4, -0.2) is 16.2 Å². The van der Waals surface area contributed by atoms with Gasteiger partial charge in [-0.25, -0.2) is 4.98 Å². The van der Waals surface area contributed by atoms with Gasteiger partial charge in [-0.2, -0.15) is 5.26 Å². The molecule has 6 nitrogen and oxygen atoms in total. The molecule has 6 heteroatoms. The maximum Gasteiger partial charge on any atom is 0.210 e. The molecule has 3 N–H and O–H groups in total. The summed E-state index contributed by atoms with van der Waals surface area (Å²) in [4.78, 5) is 4.59. The molecule has 0 bridgehead atoms. The van der Waals surface area contributed by atoms with Gasteiger partial charge in [-0.15, -0.1) is 6.42 Å². The van der Waals surface area contributed by atoms with Crippen LogP contribution in [-0.2, 0) is 0 Å². The van der Waals surface area contributed by atoms with E-state index in [1.54, 1.807) is 0 Å². The van der Waals surface area contributed by atoms with Gasteiger partial charge in [0.25, 0.3) is 0 Å². The number of allylic oxidation sites excluding steroid dienone is 1. The summed E-state index contributed by atoms with van der Waals surface area (Å²) in [7, 11) is 0. The molecule has 126 valence electrons. The Hall–Kier alpha value is -3.90. The number of imidazole rings is 1. The van der Waals surface area contributed by atoms with Crippen LogP contribution in [0.25, 0.3) is 11.0 Å². The SMILES string of the molecule is C#CCOc1cccc(C2C(C#N)=C(N)Nc3nc4ccccc4n32)c1. The van der Waals surface area contributed by atoms with Crippen LogP contribution < -0.4 is 15.8 Å². The molecule has 0 saturated carbocycles. The molecule has 0 spiro atoms. The molecule has 1 aromatic heterocycles. The molecule has 4 rings (SSSR count). The highest BCUT2D eigenvalue weighted by molar-refractivity contribution is 5.80. The standard InChI is InChI=1S/C20H15N5O/c1-2-10-26-14-7-5-6-13(11-14)18-15(12-21)19(22)24-20-23-16-8-3-4-9-17(16)25(18)20/h1,3-9,11,18H,10,22H2,(H,23,24). The van der Waals surface area contributed by atoms with E-state index in [4.69, 9.17) is 16.9 Å². The van der Waals surface area contributed by atoms with Gasteiger partial charge >= 0.3 is 0 Å². The predicted molar refractivity (Wildman–Crippen MR) is 99.1 cm³/mol. The molecule has 1 atom stereocenters. The molecule has 0 radical (unpaired) electrons. The van der Waals surface area contributed by atoms with Crippen LogP contribution in [0.3, 0.4) is 0 Å². The predicted octanol–water partition coefficient (Wildman–Crippen LogP) is 2.76. The Balaban J connectivity index is 1.92. The highest BCUT2D eigenvalue weighted by Crippen LogP contribution is 2.38. The molecule has 0 aliphatic carbocycles. The van der Waals surface area contributed by atoms with Crippen molar-refractivity contribution in [1.82, 2.24) is 9.55 Å². The number of rotatable bonds is 3. The van der Waals surface area contributed by atoms with Crippen LogP contribution in [0.5, 0.6) is 5.75 Å². The Morgan fingerprint density at radius 1 is 1.27 bits per heavy atom. The van der Waals surface area contributed by atoms with Crippen LogP contribution in [0.2, 0.25) is 0 Å². The Labute approximate surface area is 150 Å². The highest BCUT2D eigenvalue weighted by atomic mass is 16.5. The second-order valence-electron chi connectivity index (χ2n) is 5.83.